The van der Waals surface area contributed by atoms with E-state index in [4.69, 9.17) is 5.11 Å². The fourth-order valence-corrected chi connectivity index (χ4v) is 4.70. The average molecular weight is 452 g/mol. The second kappa shape index (κ2) is 13.1. The maximum atomic E-state index is 14.0. The van der Waals surface area contributed by atoms with E-state index in [-0.39, 0.29) is 28.0 Å². The van der Waals surface area contributed by atoms with Gasteiger partial charge < -0.3 is 20.6 Å². The van der Waals surface area contributed by atoms with E-state index in [2.05, 4.69) is 12.2 Å². The molecule has 0 bridgehead atoms. The molecule has 172 valence electrons. The Morgan fingerprint density at radius 1 is 1.10 bits per heavy atom. The molecule has 1 amide bonds. The molecule has 0 aliphatic rings. The van der Waals surface area contributed by atoms with Crippen molar-refractivity contribution in [2.75, 3.05) is 5.75 Å². The van der Waals surface area contributed by atoms with Gasteiger partial charge >= 0.3 is 12.3 Å². The van der Waals surface area contributed by atoms with Crippen LogP contribution in [0.5, 0.6) is 0 Å². The highest BCUT2D eigenvalue weighted by Gasteiger charge is 2.39. The largest absolute Gasteiger partial charge is 0.465 e. The summed E-state index contributed by atoms with van der Waals surface area (Å²) in [6.07, 6.45) is 0.168. The lowest BCUT2D eigenvalue weighted by atomic mass is 9.91. The van der Waals surface area contributed by atoms with Crippen LogP contribution in [-0.4, -0.2) is 27.2 Å². The molecule has 0 aliphatic heterocycles. The van der Waals surface area contributed by atoms with Crippen molar-refractivity contribution in [1.82, 2.24) is 5.32 Å². The van der Waals surface area contributed by atoms with Gasteiger partial charge in [0.05, 0.1) is 24.8 Å². The van der Waals surface area contributed by atoms with Gasteiger partial charge in [-0.15, -0.1) is 11.8 Å². The van der Waals surface area contributed by atoms with Crippen molar-refractivity contribution in [2.24, 2.45) is 0 Å². The SMILES string of the molecule is CCCCCCCCSc1c(CO)cc(C(CC)NC(=O)O)c(CO)c1C(F)(F)F. The summed E-state index contributed by atoms with van der Waals surface area (Å²) < 4.78 is 42.0. The Hall–Kier alpha value is -1.45. The summed E-state index contributed by atoms with van der Waals surface area (Å²) >= 11 is 1.03. The van der Waals surface area contributed by atoms with E-state index in [0.29, 0.717) is 5.75 Å². The Bertz CT molecular complexity index is 683. The summed E-state index contributed by atoms with van der Waals surface area (Å²) in [5.41, 5.74) is -1.18. The zero-order chi connectivity index (χ0) is 22.7. The van der Waals surface area contributed by atoms with Crippen LogP contribution >= 0.6 is 11.8 Å². The minimum Gasteiger partial charge on any atom is -0.465 e. The van der Waals surface area contributed by atoms with Crippen LogP contribution in [0.1, 0.15) is 87.1 Å². The molecule has 0 radical (unpaired) electrons. The van der Waals surface area contributed by atoms with E-state index in [9.17, 15) is 28.2 Å². The molecule has 1 aromatic rings. The number of hydrogen-bond acceptors (Lipinski definition) is 4. The van der Waals surface area contributed by atoms with Crippen LogP contribution in [0.15, 0.2) is 11.0 Å². The number of carbonyl (C=O) groups is 1. The maximum absolute atomic E-state index is 14.0. The summed E-state index contributed by atoms with van der Waals surface area (Å²) in [5, 5.41) is 30.7. The van der Waals surface area contributed by atoms with Crippen LogP contribution in [0, 0.1) is 0 Å². The molecule has 30 heavy (non-hydrogen) atoms. The number of thioether (sulfide) groups is 1. The molecular formula is C21H32F3NO4S. The predicted molar refractivity (Wildman–Crippen MR) is 112 cm³/mol. The molecule has 0 aliphatic carbocycles. The van der Waals surface area contributed by atoms with Gasteiger partial charge in [-0.2, -0.15) is 13.2 Å². The van der Waals surface area contributed by atoms with Crippen LogP contribution in [-0.2, 0) is 19.4 Å². The van der Waals surface area contributed by atoms with Gasteiger partial charge in [-0.1, -0.05) is 46.0 Å². The van der Waals surface area contributed by atoms with Crippen LogP contribution in [0.4, 0.5) is 18.0 Å². The highest BCUT2D eigenvalue weighted by atomic mass is 32.2. The molecule has 1 unspecified atom stereocenters. The van der Waals surface area contributed by atoms with Gasteiger partial charge in [-0.3, -0.25) is 0 Å². The minimum absolute atomic E-state index is 0.0442. The fraction of sp³-hybridized carbons (Fsp3) is 0.667. The molecule has 1 atom stereocenters. The van der Waals surface area contributed by atoms with Crippen LogP contribution in [0.25, 0.3) is 0 Å². The van der Waals surface area contributed by atoms with Gasteiger partial charge in [-0.25, -0.2) is 4.79 Å². The smallest absolute Gasteiger partial charge is 0.417 e. The lowest BCUT2D eigenvalue weighted by Gasteiger charge is -2.26. The van der Waals surface area contributed by atoms with E-state index in [1.54, 1.807) is 6.92 Å². The molecule has 0 spiro atoms. The van der Waals surface area contributed by atoms with E-state index >= 15 is 0 Å². The van der Waals surface area contributed by atoms with Crippen molar-refractivity contribution < 1.29 is 33.3 Å². The zero-order valence-electron chi connectivity index (χ0n) is 17.5. The minimum atomic E-state index is -4.75. The number of hydrogen-bond donors (Lipinski definition) is 4. The molecule has 1 aromatic carbocycles. The monoisotopic (exact) mass is 451 g/mol. The molecule has 4 N–H and O–H groups in total. The standard InChI is InChI=1S/C21H32F3NO4S/c1-3-5-6-7-8-9-10-30-19-14(12-26)11-15(17(4-2)25-20(28)29)16(13-27)18(19)21(22,23)24/h11,17,25-27H,3-10,12-13H2,1-2H3,(H,28,29). The second-order valence-electron chi connectivity index (χ2n) is 7.15. The molecule has 0 saturated heterocycles. The van der Waals surface area contributed by atoms with E-state index in [1.807, 2.05) is 0 Å². The first-order chi connectivity index (χ1) is 14.2. The highest BCUT2D eigenvalue weighted by Crippen LogP contribution is 2.44. The number of amides is 1. The number of aliphatic hydroxyl groups is 2. The van der Waals surface area contributed by atoms with Gasteiger partial charge in [0, 0.05) is 4.90 Å². The third-order valence-corrected chi connectivity index (χ3v) is 6.18. The van der Waals surface area contributed by atoms with Crippen LogP contribution in [0.3, 0.4) is 0 Å². The maximum Gasteiger partial charge on any atom is 0.417 e. The normalized spacial score (nSPS) is 12.8. The first-order valence-electron chi connectivity index (χ1n) is 10.3. The van der Waals surface area contributed by atoms with Crippen molar-refractivity contribution in [1.29, 1.82) is 0 Å². The second-order valence-corrected chi connectivity index (χ2v) is 8.25. The molecule has 0 fully saturated rings. The number of alkyl halides is 3. The quantitative estimate of drug-likeness (QED) is 0.223. The predicted octanol–water partition coefficient (Wildman–Crippen LogP) is 5.86. The summed E-state index contributed by atoms with van der Waals surface area (Å²) in [6, 6.07) is 0.461. The van der Waals surface area contributed by atoms with Gasteiger partial charge in [0.15, 0.2) is 0 Å². The number of carboxylic acid groups (broad SMARTS) is 1. The summed E-state index contributed by atoms with van der Waals surface area (Å²) in [6.45, 7) is 2.26. The average Bonchev–Trinajstić information content (AvgIpc) is 2.69. The third-order valence-electron chi connectivity index (χ3n) is 4.94. The zero-order valence-corrected chi connectivity index (χ0v) is 18.3. The molecule has 0 saturated carbocycles. The van der Waals surface area contributed by atoms with E-state index in [0.717, 1.165) is 50.3 Å². The fourth-order valence-electron chi connectivity index (χ4n) is 3.45. The first-order valence-corrected chi connectivity index (χ1v) is 11.3. The Balaban J connectivity index is 3.28. The number of benzene rings is 1. The summed E-state index contributed by atoms with van der Waals surface area (Å²) in [7, 11) is 0. The van der Waals surface area contributed by atoms with E-state index in [1.165, 1.54) is 6.07 Å². The molecule has 0 heterocycles. The molecule has 0 aromatic heterocycles. The molecular weight excluding hydrogens is 419 g/mol. The molecule has 9 heteroatoms. The highest BCUT2D eigenvalue weighted by molar-refractivity contribution is 7.99. The molecule has 5 nitrogen and oxygen atoms in total. The Morgan fingerprint density at radius 3 is 2.23 bits per heavy atom. The Kier molecular flexibility index (Phi) is 11.6. The van der Waals surface area contributed by atoms with Gasteiger partial charge in [0.2, 0.25) is 0 Å². The summed E-state index contributed by atoms with van der Waals surface area (Å²) in [5.74, 6) is 0.469. The van der Waals surface area contributed by atoms with E-state index < -0.39 is 37.1 Å². The lowest BCUT2D eigenvalue weighted by molar-refractivity contribution is -0.141. The first kappa shape index (κ1) is 26.6. The number of halogens is 3. The number of aliphatic hydroxyl groups excluding tert-OH is 2. The van der Waals surface area contributed by atoms with Crippen LogP contribution in [0.2, 0.25) is 0 Å². The van der Waals surface area contributed by atoms with Crippen molar-refractivity contribution >= 4 is 17.9 Å². The number of rotatable bonds is 13. The summed E-state index contributed by atoms with van der Waals surface area (Å²) in [4.78, 5) is 11.0. The lowest BCUT2D eigenvalue weighted by Crippen LogP contribution is -2.28. The number of nitrogens with one attached hydrogen (secondary N) is 1. The third kappa shape index (κ3) is 7.67. The Morgan fingerprint density at radius 2 is 1.73 bits per heavy atom. The van der Waals surface area contributed by atoms with Crippen molar-refractivity contribution in [2.45, 2.75) is 89.1 Å². The Labute approximate surface area is 180 Å². The number of unbranched alkanes of at least 4 members (excludes halogenated alkanes) is 5. The van der Waals surface area contributed by atoms with Crippen LogP contribution < -0.4 is 5.32 Å². The van der Waals surface area contributed by atoms with Crippen molar-refractivity contribution in [3.63, 3.8) is 0 Å². The van der Waals surface area contributed by atoms with Gasteiger partial charge in [0.1, 0.15) is 0 Å². The van der Waals surface area contributed by atoms with Gasteiger partial charge in [-0.05, 0) is 41.4 Å². The van der Waals surface area contributed by atoms with Crippen molar-refractivity contribution in [3.8, 4) is 0 Å². The topological polar surface area (TPSA) is 89.8 Å². The van der Waals surface area contributed by atoms with Crippen molar-refractivity contribution in [3.05, 3.63) is 28.3 Å². The molecule has 1 rings (SSSR count). The van der Waals surface area contributed by atoms with Gasteiger partial charge in [0.25, 0.3) is 0 Å².